The lowest BCUT2D eigenvalue weighted by molar-refractivity contribution is 0.144. The highest BCUT2D eigenvalue weighted by Crippen LogP contribution is 2.23. The van der Waals surface area contributed by atoms with Gasteiger partial charge in [0.1, 0.15) is 0 Å². The molecule has 0 aromatic carbocycles. The SMILES string of the molecule is NCc1nc(F)c(C(F)F)cc1CO. The molecule has 0 radical (unpaired) electrons. The Morgan fingerprint density at radius 3 is 2.57 bits per heavy atom. The van der Waals surface area contributed by atoms with Crippen molar-refractivity contribution in [3.05, 3.63) is 28.8 Å². The number of aliphatic hydroxyl groups is 1. The van der Waals surface area contributed by atoms with Crippen LogP contribution < -0.4 is 5.73 Å². The van der Waals surface area contributed by atoms with Gasteiger partial charge in [-0.15, -0.1) is 0 Å². The normalized spacial score (nSPS) is 11.0. The van der Waals surface area contributed by atoms with Gasteiger partial charge in [-0.05, 0) is 6.07 Å². The Morgan fingerprint density at radius 2 is 2.14 bits per heavy atom. The van der Waals surface area contributed by atoms with Gasteiger partial charge in [-0.1, -0.05) is 0 Å². The van der Waals surface area contributed by atoms with Crippen molar-refractivity contribution in [3.63, 3.8) is 0 Å². The van der Waals surface area contributed by atoms with E-state index in [9.17, 15) is 13.2 Å². The first kappa shape index (κ1) is 10.9. The topological polar surface area (TPSA) is 59.1 Å². The number of alkyl halides is 2. The maximum atomic E-state index is 12.9. The van der Waals surface area contributed by atoms with Crippen molar-refractivity contribution in [3.8, 4) is 0 Å². The van der Waals surface area contributed by atoms with Crippen molar-refractivity contribution < 1.29 is 18.3 Å². The minimum atomic E-state index is -2.94. The summed E-state index contributed by atoms with van der Waals surface area (Å²) < 4.78 is 37.2. The highest BCUT2D eigenvalue weighted by molar-refractivity contribution is 5.26. The molecule has 0 saturated carbocycles. The molecular weight excluding hydrogens is 197 g/mol. The van der Waals surface area contributed by atoms with Crippen molar-refractivity contribution >= 4 is 0 Å². The second-order valence-electron chi connectivity index (χ2n) is 2.64. The smallest absolute Gasteiger partial charge is 0.268 e. The Kier molecular flexibility index (Phi) is 3.43. The number of rotatable bonds is 3. The molecule has 78 valence electrons. The van der Waals surface area contributed by atoms with Gasteiger partial charge in [-0.3, -0.25) is 0 Å². The van der Waals surface area contributed by atoms with Gasteiger partial charge in [0.15, 0.2) is 0 Å². The van der Waals surface area contributed by atoms with Crippen molar-refractivity contribution in [2.75, 3.05) is 0 Å². The molecule has 0 aliphatic heterocycles. The second kappa shape index (κ2) is 4.39. The molecule has 1 aromatic rings. The molecule has 3 nitrogen and oxygen atoms in total. The fourth-order valence-corrected chi connectivity index (χ4v) is 1.05. The molecule has 0 aliphatic rings. The van der Waals surface area contributed by atoms with Crippen LogP contribution in [0.2, 0.25) is 0 Å². The van der Waals surface area contributed by atoms with Crippen LogP contribution in [0.5, 0.6) is 0 Å². The molecular formula is C8H9F3N2O. The van der Waals surface area contributed by atoms with E-state index in [0.717, 1.165) is 6.07 Å². The predicted molar refractivity (Wildman–Crippen MR) is 43.0 cm³/mol. The number of nitrogens with two attached hydrogens (primary N) is 1. The first-order valence-electron chi connectivity index (χ1n) is 3.87. The molecule has 3 N–H and O–H groups in total. The van der Waals surface area contributed by atoms with E-state index in [-0.39, 0.29) is 17.8 Å². The molecule has 1 rings (SSSR count). The van der Waals surface area contributed by atoms with Crippen molar-refractivity contribution in [2.45, 2.75) is 19.6 Å². The number of hydrogen-bond acceptors (Lipinski definition) is 3. The van der Waals surface area contributed by atoms with Gasteiger partial charge in [-0.2, -0.15) is 4.39 Å². The van der Waals surface area contributed by atoms with Crippen LogP contribution in [0.1, 0.15) is 23.2 Å². The molecule has 14 heavy (non-hydrogen) atoms. The first-order chi connectivity index (χ1) is 6.60. The molecule has 0 saturated heterocycles. The van der Waals surface area contributed by atoms with E-state index in [1.54, 1.807) is 0 Å². The molecule has 1 heterocycles. The fourth-order valence-electron chi connectivity index (χ4n) is 1.05. The first-order valence-corrected chi connectivity index (χ1v) is 3.87. The van der Waals surface area contributed by atoms with E-state index in [2.05, 4.69) is 4.98 Å². The maximum Gasteiger partial charge on any atom is 0.268 e. The van der Waals surface area contributed by atoms with Gasteiger partial charge in [0.05, 0.1) is 17.9 Å². The molecule has 0 spiro atoms. The number of hydrogen-bond donors (Lipinski definition) is 2. The standard InChI is InChI=1S/C8H9F3N2O/c9-7(10)5-1-4(3-14)6(2-12)13-8(5)11/h1,7,14H,2-3,12H2. The summed E-state index contributed by atoms with van der Waals surface area (Å²) in [5, 5.41) is 8.78. The number of halogens is 3. The highest BCUT2D eigenvalue weighted by Gasteiger charge is 2.17. The molecule has 0 atom stereocenters. The zero-order valence-corrected chi connectivity index (χ0v) is 7.17. The molecule has 1 aromatic heterocycles. The van der Waals surface area contributed by atoms with E-state index in [4.69, 9.17) is 10.8 Å². The van der Waals surface area contributed by atoms with Gasteiger partial charge in [0, 0.05) is 12.1 Å². The van der Waals surface area contributed by atoms with Gasteiger partial charge >= 0.3 is 0 Å². The van der Waals surface area contributed by atoms with Crippen molar-refractivity contribution in [1.82, 2.24) is 4.98 Å². The number of nitrogens with zero attached hydrogens (tertiary/aromatic N) is 1. The second-order valence-corrected chi connectivity index (χ2v) is 2.64. The Hall–Kier alpha value is -1.14. The number of pyridine rings is 1. The average Bonchev–Trinajstić information content (AvgIpc) is 2.16. The summed E-state index contributed by atoms with van der Waals surface area (Å²) in [7, 11) is 0. The van der Waals surface area contributed by atoms with Crippen LogP contribution >= 0.6 is 0 Å². The maximum absolute atomic E-state index is 12.9. The summed E-state index contributed by atoms with van der Waals surface area (Å²) in [5.74, 6) is -1.24. The molecule has 0 fully saturated rings. The lowest BCUT2D eigenvalue weighted by Gasteiger charge is -2.07. The van der Waals surface area contributed by atoms with Crippen molar-refractivity contribution in [2.24, 2.45) is 5.73 Å². The minimum absolute atomic E-state index is 0.0920. The lowest BCUT2D eigenvalue weighted by Crippen LogP contribution is -2.09. The van der Waals surface area contributed by atoms with E-state index >= 15 is 0 Å². The van der Waals surface area contributed by atoms with Gasteiger partial charge in [-0.25, -0.2) is 13.8 Å². The van der Waals surface area contributed by atoms with Gasteiger partial charge < -0.3 is 10.8 Å². The van der Waals surface area contributed by atoms with Crippen LogP contribution in [-0.2, 0) is 13.2 Å². The lowest BCUT2D eigenvalue weighted by atomic mass is 10.1. The zero-order valence-electron chi connectivity index (χ0n) is 7.17. The summed E-state index contributed by atoms with van der Waals surface area (Å²) >= 11 is 0. The van der Waals surface area contributed by atoms with Crippen LogP contribution in [0, 0.1) is 5.95 Å². The monoisotopic (exact) mass is 206 g/mol. The third kappa shape index (κ3) is 2.02. The molecule has 6 heteroatoms. The van der Waals surface area contributed by atoms with Crippen LogP contribution in [0.4, 0.5) is 13.2 Å². The third-order valence-electron chi connectivity index (χ3n) is 1.77. The highest BCUT2D eigenvalue weighted by atomic mass is 19.3. The van der Waals surface area contributed by atoms with Gasteiger partial charge in [0.25, 0.3) is 6.43 Å². The molecule has 0 unspecified atom stereocenters. The minimum Gasteiger partial charge on any atom is -0.392 e. The summed E-state index contributed by atoms with van der Waals surface area (Å²) in [4.78, 5) is 3.25. The molecule has 0 amide bonds. The molecule has 0 aliphatic carbocycles. The summed E-state index contributed by atoms with van der Waals surface area (Å²) in [6.07, 6.45) is -2.94. The summed E-state index contributed by atoms with van der Waals surface area (Å²) in [6.45, 7) is -0.587. The Morgan fingerprint density at radius 1 is 1.50 bits per heavy atom. The average molecular weight is 206 g/mol. The summed E-state index contributed by atoms with van der Waals surface area (Å²) in [5.41, 5.74) is 4.60. The Labute approximate surface area is 78.4 Å². The van der Waals surface area contributed by atoms with Crippen LogP contribution in [0.25, 0.3) is 0 Å². The number of aliphatic hydroxyl groups excluding tert-OH is 1. The van der Waals surface area contributed by atoms with Crippen LogP contribution in [0.15, 0.2) is 6.07 Å². The quantitative estimate of drug-likeness (QED) is 0.728. The van der Waals surface area contributed by atoms with E-state index in [1.807, 2.05) is 0 Å². The van der Waals surface area contributed by atoms with E-state index < -0.39 is 24.5 Å². The number of aromatic nitrogens is 1. The van der Waals surface area contributed by atoms with Crippen LogP contribution in [0.3, 0.4) is 0 Å². The summed E-state index contributed by atoms with van der Waals surface area (Å²) in [6, 6.07) is 0.884. The zero-order chi connectivity index (χ0) is 10.7. The van der Waals surface area contributed by atoms with Crippen LogP contribution in [-0.4, -0.2) is 10.1 Å². The third-order valence-corrected chi connectivity index (χ3v) is 1.77. The van der Waals surface area contributed by atoms with Crippen molar-refractivity contribution in [1.29, 1.82) is 0 Å². The predicted octanol–water partition coefficient (Wildman–Crippen LogP) is 1.11. The Balaban J connectivity index is 3.23. The molecule has 0 bridgehead atoms. The van der Waals surface area contributed by atoms with E-state index in [0.29, 0.717) is 0 Å². The fraction of sp³-hybridized carbons (Fsp3) is 0.375. The van der Waals surface area contributed by atoms with E-state index in [1.165, 1.54) is 0 Å². The largest absolute Gasteiger partial charge is 0.392 e. The van der Waals surface area contributed by atoms with Gasteiger partial charge in [0.2, 0.25) is 5.95 Å². The Bertz CT molecular complexity index is 331.